The molecule has 3 aromatic rings. The minimum absolute atomic E-state index is 0.273. The maximum atomic E-state index is 12.1. The van der Waals surface area contributed by atoms with Crippen molar-refractivity contribution in [2.75, 3.05) is 6.61 Å². The zero-order valence-corrected chi connectivity index (χ0v) is 10.9. The van der Waals surface area contributed by atoms with Gasteiger partial charge in [-0.1, -0.05) is 23.5 Å². The lowest BCUT2D eigenvalue weighted by Gasteiger charge is -2.00. The first-order valence-electron chi connectivity index (χ1n) is 5.79. The third kappa shape index (κ3) is 1.90. The monoisotopic (exact) mass is 274 g/mol. The molecule has 0 aliphatic carbocycles. The van der Waals surface area contributed by atoms with Gasteiger partial charge in [-0.3, -0.25) is 9.20 Å². The normalized spacial score (nSPS) is 11.0. The molecule has 0 aliphatic rings. The Kier molecular flexibility index (Phi) is 2.79. The van der Waals surface area contributed by atoms with E-state index in [0.29, 0.717) is 4.96 Å². The number of esters is 1. The van der Waals surface area contributed by atoms with Crippen LogP contribution >= 0.6 is 11.3 Å². The van der Waals surface area contributed by atoms with Crippen molar-refractivity contribution in [2.45, 2.75) is 6.92 Å². The molecule has 96 valence electrons. The van der Waals surface area contributed by atoms with E-state index in [1.807, 2.05) is 24.3 Å². The van der Waals surface area contributed by atoms with Gasteiger partial charge in [-0.25, -0.2) is 9.78 Å². The minimum atomic E-state index is -0.487. The molecule has 0 saturated heterocycles. The molecule has 0 fully saturated rings. The highest BCUT2D eigenvalue weighted by atomic mass is 32.1. The number of nitrogens with zero attached hydrogens (tertiary/aromatic N) is 2. The summed E-state index contributed by atoms with van der Waals surface area (Å²) in [6.45, 7) is 2.00. The number of hydrogen-bond donors (Lipinski definition) is 0. The lowest BCUT2D eigenvalue weighted by Crippen LogP contribution is -2.14. The van der Waals surface area contributed by atoms with E-state index in [2.05, 4.69) is 4.98 Å². The fourth-order valence-electron chi connectivity index (χ4n) is 1.89. The minimum Gasteiger partial charge on any atom is -0.462 e. The SMILES string of the molecule is CCOC(=O)c1cc(=O)n2c(nc3ccccc32)s1. The third-order valence-corrected chi connectivity index (χ3v) is 3.64. The number of fused-ring (bicyclic) bond motifs is 3. The predicted molar refractivity (Wildman–Crippen MR) is 72.8 cm³/mol. The van der Waals surface area contributed by atoms with Gasteiger partial charge in [-0.15, -0.1) is 0 Å². The van der Waals surface area contributed by atoms with Crippen LogP contribution in [-0.2, 0) is 4.74 Å². The summed E-state index contributed by atoms with van der Waals surface area (Å²) < 4.78 is 6.40. The summed E-state index contributed by atoms with van der Waals surface area (Å²) in [6, 6.07) is 8.66. The third-order valence-electron chi connectivity index (χ3n) is 2.68. The topological polar surface area (TPSA) is 60.7 Å². The molecule has 0 aliphatic heterocycles. The zero-order valence-electron chi connectivity index (χ0n) is 10.1. The van der Waals surface area contributed by atoms with Gasteiger partial charge in [0.05, 0.1) is 17.6 Å². The summed E-state index contributed by atoms with van der Waals surface area (Å²) >= 11 is 1.15. The van der Waals surface area contributed by atoms with Gasteiger partial charge < -0.3 is 4.74 Å². The molecular formula is C13H10N2O3S. The molecule has 19 heavy (non-hydrogen) atoms. The molecule has 0 bridgehead atoms. The van der Waals surface area contributed by atoms with Crippen LogP contribution in [0.2, 0.25) is 0 Å². The number of hydrogen-bond acceptors (Lipinski definition) is 5. The van der Waals surface area contributed by atoms with Gasteiger partial charge in [-0.05, 0) is 19.1 Å². The summed E-state index contributed by atoms with van der Waals surface area (Å²) in [5.41, 5.74) is 1.21. The highest BCUT2D eigenvalue weighted by Crippen LogP contribution is 2.19. The standard InChI is InChI=1S/C13H10N2O3S/c1-2-18-12(17)10-7-11(16)15-9-6-4-3-5-8(9)14-13(15)19-10/h3-7H,2H2,1H3. The molecule has 3 rings (SSSR count). The van der Waals surface area contributed by atoms with E-state index in [-0.39, 0.29) is 17.0 Å². The van der Waals surface area contributed by atoms with Gasteiger partial charge in [0, 0.05) is 6.07 Å². The van der Waals surface area contributed by atoms with Crippen LogP contribution in [0.4, 0.5) is 0 Å². The molecule has 0 amide bonds. The predicted octanol–water partition coefficient (Wildman–Crippen LogP) is 2.09. The Labute approximate surface area is 112 Å². The molecule has 6 heteroatoms. The van der Waals surface area contributed by atoms with Crippen molar-refractivity contribution in [1.29, 1.82) is 0 Å². The Balaban J connectivity index is 2.30. The second-order valence-electron chi connectivity index (χ2n) is 3.89. The number of carbonyl (C=O) groups is 1. The number of benzene rings is 1. The Morgan fingerprint density at radius 1 is 1.42 bits per heavy atom. The Morgan fingerprint density at radius 3 is 3.00 bits per heavy atom. The molecule has 2 aromatic heterocycles. The summed E-state index contributed by atoms with van der Waals surface area (Å²) in [7, 11) is 0. The average Bonchev–Trinajstić information content (AvgIpc) is 2.77. The van der Waals surface area contributed by atoms with Crippen LogP contribution < -0.4 is 5.56 Å². The van der Waals surface area contributed by atoms with E-state index in [0.717, 1.165) is 22.4 Å². The molecule has 0 N–H and O–H groups in total. The van der Waals surface area contributed by atoms with Crippen LogP contribution in [-0.4, -0.2) is 22.0 Å². The van der Waals surface area contributed by atoms with Gasteiger partial charge in [0.1, 0.15) is 4.88 Å². The van der Waals surface area contributed by atoms with Crippen LogP contribution in [0, 0.1) is 0 Å². The first-order valence-corrected chi connectivity index (χ1v) is 6.61. The fourth-order valence-corrected chi connectivity index (χ4v) is 2.81. The van der Waals surface area contributed by atoms with Crippen molar-refractivity contribution >= 4 is 33.3 Å². The van der Waals surface area contributed by atoms with Crippen LogP contribution in [0.1, 0.15) is 16.6 Å². The Bertz CT molecular complexity index is 835. The van der Waals surface area contributed by atoms with Crippen molar-refractivity contribution < 1.29 is 9.53 Å². The zero-order chi connectivity index (χ0) is 13.4. The van der Waals surface area contributed by atoms with Gasteiger partial charge in [0.2, 0.25) is 0 Å². The van der Waals surface area contributed by atoms with Crippen molar-refractivity contribution in [3.8, 4) is 0 Å². The molecule has 2 heterocycles. The number of rotatable bonds is 2. The van der Waals surface area contributed by atoms with Gasteiger partial charge in [0.15, 0.2) is 4.96 Å². The van der Waals surface area contributed by atoms with Crippen molar-refractivity contribution in [1.82, 2.24) is 9.38 Å². The van der Waals surface area contributed by atoms with Gasteiger partial charge >= 0.3 is 5.97 Å². The van der Waals surface area contributed by atoms with E-state index in [1.165, 1.54) is 10.5 Å². The molecule has 0 spiro atoms. The molecule has 0 saturated carbocycles. The number of imidazole rings is 1. The first-order chi connectivity index (χ1) is 9.20. The van der Waals surface area contributed by atoms with E-state index in [4.69, 9.17) is 4.74 Å². The fraction of sp³-hybridized carbons (Fsp3) is 0.154. The van der Waals surface area contributed by atoms with Gasteiger partial charge in [0.25, 0.3) is 5.56 Å². The Morgan fingerprint density at radius 2 is 2.21 bits per heavy atom. The van der Waals surface area contributed by atoms with E-state index in [9.17, 15) is 9.59 Å². The number of para-hydroxylation sites is 2. The largest absolute Gasteiger partial charge is 0.462 e. The molecule has 0 radical (unpaired) electrons. The molecule has 5 nitrogen and oxygen atoms in total. The lowest BCUT2D eigenvalue weighted by atomic mass is 10.3. The smallest absolute Gasteiger partial charge is 0.348 e. The van der Waals surface area contributed by atoms with E-state index < -0.39 is 5.97 Å². The highest BCUT2D eigenvalue weighted by Gasteiger charge is 2.14. The first kappa shape index (κ1) is 11.9. The molecule has 0 atom stereocenters. The van der Waals surface area contributed by atoms with Crippen molar-refractivity contribution in [3.05, 3.63) is 45.6 Å². The summed E-state index contributed by atoms with van der Waals surface area (Å²) in [5, 5.41) is 0. The van der Waals surface area contributed by atoms with Crippen molar-refractivity contribution in [2.24, 2.45) is 0 Å². The second-order valence-corrected chi connectivity index (χ2v) is 4.90. The van der Waals surface area contributed by atoms with E-state index in [1.54, 1.807) is 6.92 Å². The average molecular weight is 274 g/mol. The second kappa shape index (κ2) is 4.47. The van der Waals surface area contributed by atoms with Crippen LogP contribution in [0.5, 0.6) is 0 Å². The summed E-state index contributed by atoms with van der Waals surface area (Å²) in [4.78, 5) is 28.9. The summed E-state index contributed by atoms with van der Waals surface area (Å²) in [6.07, 6.45) is 0. The summed E-state index contributed by atoms with van der Waals surface area (Å²) in [5.74, 6) is -0.487. The van der Waals surface area contributed by atoms with Crippen LogP contribution in [0.3, 0.4) is 0 Å². The maximum Gasteiger partial charge on any atom is 0.348 e. The quantitative estimate of drug-likeness (QED) is 0.671. The van der Waals surface area contributed by atoms with Crippen molar-refractivity contribution in [3.63, 3.8) is 0 Å². The lowest BCUT2D eigenvalue weighted by molar-refractivity contribution is 0.0531. The molecule has 0 unspecified atom stereocenters. The maximum absolute atomic E-state index is 12.1. The highest BCUT2D eigenvalue weighted by molar-refractivity contribution is 7.18. The molecule has 1 aromatic carbocycles. The van der Waals surface area contributed by atoms with Crippen LogP contribution in [0.15, 0.2) is 35.1 Å². The number of ether oxygens (including phenoxy) is 1. The molecular weight excluding hydrogens is 264 g/mol. The number of carbonyl (C=O) groups excluding carboxylic acids is 1. The van der Waals surface area contributed by atoms with Crippen LogP contribution in [0.25, 0.3) is 16.0 Å². The van der Waals surface area contributed by atoms with Gasteiger partial charge in [-0.2, -0.15) is 0 Å². The van der Waals surface area contributed by atoms with E-state index >= 15 is 0 Å². The Hall–Kier alpha value is -2.21. The number of aromatic nitrogens is 2.